The number of hydrogen-bond acceptors (Lipinski definition) is 7. The van der Waals surface area contributed by atoms with Crippen LogP contribution in [-0.4, -0.2) is 28.9 Å². The fraction of sp³-hybridized carbons (Fsp3) is 0.400. The quantitative estimate of drug-likeness (QED) is 0.498. The van der Waals surface area contributed by atoms with Crippen LogP contribution < -0.4 is 4.74 Å². The van der Waals surface area contributed by atoms with E-state index in [2.05, 4.69) is 0 Å². The molecule has 2 aliphatic heterocycles. The molecule has 4 rings (SSSR count). The van der Waals surface area contributed by atoms with Gasteiger partial charge in [0, 0.05) is 18.4 Å². The first-order valence-electron chi connectivity index (χ1n) is 11.0. The molecule has 7 nitrogen and oxygen atoms in total. The molecule has 2 aliphatic rings. The number of hydrogen-bond donors (Lipinski definition) is 1. The highest BCUT2D eigenvalue weighted by molar-refractivity contribution is 5.98. The van der Waals surface area contributed by atoms with Crippen LogP contribution in [0.2, 0.25) is 0 Å². The molecular formula is C25H26O7. The smallest absolute Gasteiger partial charge is 0.342 e. The highest BCUT2D eigenvalue weighted by Crippen LogP contribution is 2.47. The monoisotopic (exact) mass is 438 g/mol. The van der Waals surface area contributed by atoms with Crippen LogP contribution in [0.15, 0.2) is 35.0 Å². The predicted octanol–water partition coefficient (Wildman–Crippen LogP) is 4.91. The molecule has 32 heavy (non-hydrogen) atoms. The summed E-state index contributed by atoms with van der Waals surface area (Å²) in [5.74, 6) is -1.04. The largest absolute Gasteiger partial charge is 0.507 e. The molecule has 0 radical (unpaired) electrons. The Labute approximate surface area is 186 Å². The van der Waals surface area contributed by atoms with E-state index < -0.39 is 24.0 Å². The van der Waals surface area contributed by atoms with Gasteiger partial charge in [0.1, 0.15) is 28.6 Å². The minimum Gasteiger partial charge on any atom is -0.507 e. The number of Topliss-reactive ketones (excluding diaryl/α,β-unsaturated/α-hetero) is 1. The lowest BCUT2D eigenvalue weighted by Gasteiger charge is -2.26. The lowest BCUT2D eigenvalue weighted by Crippen LogP contribution is -2.23. The molecule has 168 valence electrons. The minimum absolute atomic E-state index is 0.0117. The fourth-order valence-corrected chi connectivity index (χ4v) is 4.25. The Bertz CT molecular complexity index is 1050. The van der Waals surface area contributed by atoms with Gasteiger partial charge in [0.25, 0.3) is 0 Å². The van der Waals surface area contributed by atoms with E-state index in [1.807, 2.05) is 6.08 Å². The number of ether oxygens (including phenoxy) is 2. The van der Waals surface area contributed by atoms with Gasteiger partial charge in [-0.1, -0.05) is 12.2 Å². The van der Waals surface area contributed by atoms with Gasteiger partial charge in [0.2, 0.25) is 0 Å². The van der Waals surface area contributed by atoms with Crippen molar-refractivity contribution >= 4 is 23.8 Å². The van der Waals surface area contributed by atoms with Crippen molar-refractivity contribution in [2.75, 3.05) is 0 Å². The van der Waals surface area contributed by atoms with Gasteiger partial charge in [-0.2, -0.15) is 0 Å². The van der Waals surface area contributed by atoms with Crippen molar-refractivity contribution in [3.8, 4) is 11.5 Å². The van der Waals surface area contributed by atoms with E-state index in [4.69, 9.17) is 13.9 Å². The van der Waals surface area contributed by atoms with Gasteiger partial charge in [-0.15, -0.1) is 0 Å². The van der Waals surface area contributed by atoms with Crippen LogP contribution in [0.5, 0.6) is 11.5 Å². The minimum atomic E-state index is -0.657. The van der Waals surface area contributed by atoms with Crippen LogP contribution >= 0.6 is 0 Å². The van der Waals surface area contributed by atoms with Crippen molar-refractivity contribution in [2.24, 2.45) is 0 Å². The number of ketones is 1. The normalized spacial score (nSPS) is 22.3. The summed E-state index contributed by atoms with van der Waals surface area (Å²) in [6.45, 7) is 1.77. The lowest BCUT2D eigenvalue weighted by atomic mass is 9.86. The Morgan fingerprint density at radius 2 is 1.94 bits per heavy atom. The van der Waals surface area contributed by atoms with Gasteiger partial charge < -0.3 is 19.0 Å². The standard InChI is InChI=1S/C25H26O7/c1-15-7-5-10-17(26)9-4-2-3-8-16-13-20-23(24(28)22(16)25(29)31-15)18(14-21(27)32-20)19-11-6-12-30-19/h3,6,8,11-13,15,18,28H,2,4-5,7,9-10,14H2,1H3/t15-,18-/m1/s1. The van der Waals surface area contributed by atoms with Crippen molar-refractivity contribution in [3.05, 3.63) is 53.0 Å². The Hall–Kier alpha value is -3.35. The van der Waals surface area contributed by atoms with Gasteiger partial charge in [-0.3, -0.25) is 9.59 Å². The highest BCUT2D eigenvalue weighted by atomic mass is 16.5. The van der Waals surface area contributed by atoms with Crippen molar-refractivity contribution in [2.45, 2.75) is 63.9 Å². The van der Waals surface area contributed by atoms with Crippen LogP contribution in [-0.2, 0) is 14.3 Å². The molecule has 0 bridgehead atoms. The van der Waals surface area contributed by atoms with Crippen LogP contribution in [0, 0.1) is 0 Å². The number of carbonyl (C=O) groups excluding carboxylic acids is 3. The first kappa shape index (κ1) is 21.9. The SMILES string of the molecule is C[C@@H]1CCCC(=O)CCCC=Cc2cc3c(c(O)c2C(=O)O1)[C@@H](c1ccco1)CC(=O)O3. The Balaban J connectivity index is 1.79. The first-order valence-corrected chi connectivity index (χ1v) is 11.0. The topological polar surface area (TPSA) is 103 Å². The summed E-state index contributed by atoms with van der Waals surface area (Å²) >= 11 is 0. The molecule has 3 heterocycles. The van der Waals surface area contributed by atoms with E-state index in [9.17, 15) is 19.5 Å². The third kappa shape index (κ3) is 4.61. The number of esters is 2. The number of aromatic hydroxyl groups is 1. The summed E-state index contributed by atoms with van der Waals surface area (Å²) in [6.07, 6.45) is 8.13. The van der Waals surface area contributed by atoms with E-state index in [1.54, 1.807) is 31.2 Å². The zero-order chi connectivity index (χ0) is 22.7. The van der Waals surface area contributed by atoms with Crippen molar-refractivity contribution in [3.63, 3.8) is 0 Å². The number of allylic oxidation sites excluding steroid dienone is 1. The predicted molar refractivity (Wildman–Crippen MR) is 116 cm³/mol. The molecular weight excluding hydrogens is 412 g/mol. The average molecular weight is 438 g/mol. The Morgan fingerprint density at radius 3 is 2.72 bits per heavy atom. The molecule has 0 spiro atoms. The number of phenols is 1. The number of rotatable bonds is 1. The van der Waals surface area contributed by atoms with E-state index in [-0.39, 0.29) is 29.3 Å². The van der Waals surface area contributed by atoms with Crippen molar-refractivity contribution in [1.82, 2.24) is 0 Å². The fourth-order valence-electron chi connectivity index (χ4n) is 4.25. The molecule has 2 aromatic rings. The Kier molecular flexibility index (Phi) is 6.44. The summed E-state index contributed by atoms with van der Waals surface area (Å²) in [7, 11) is 0. The molecule has 2 atom stereocenters. The lowest BCUT2D eigenvalue weighted by molar-refractivity contribution is -0.135. The van der Waals surface area contributed by atoms with E-state index in [0.29, 0.717) is 55.4 Å². The first-order chi connectivity index (χ1) is 15.4. The van der Waals surface area contributed by atoms with Crippen molar-refractivity contribution in [1.29, 1.82) is 0 Å². The third-order valence-electron chi connectivity index (χ3n) is 5.86. The van der Waals surface area contributed by atoms with Crippen LogP contribution in [0.1, 0.15) is 85.0 Å². The second kappa shape index (κ2) is 9.42. The zero-order valence-corrected chi connectivity index (χ0v) is 18.0. The summed E-state index contributed by atoms with van der Waals surface area (Å²) in [4.78, 5) is 37.3. The maximum absolute atomic E-state index is 13.1. The van der Waals surface area contributed by atoms with Crippen molar-refractivity contribution < 1.29 is 33.4 Å². The second-order valence-electron chi connectivity index (χ2n) is 8.29. The second-order valence-corrected chi connectivity index (χ2v) is 8.29. The number of carbonyl (C=O) groups is 3. The van der Waals surface area contributed by atoms with Gasteiger partial charge in [0.15, 0.2) is 0 Å². The number of benzene rings is 1. The summed E-state index contributed by atoms with van der Waals surface area (Å²) in [5.41, 5.74) is 0.771. The number of cyclic esters (lactones) is 1. The summed E-state index contributed by atoms with van der Waals surface area (Å²) in [6, 6.07) is 5.01. The van der Waals surface area contributed by atoms with Gasteiger partial charge in [-0.25, -0.2) is 4.79 Å². The van der Waals surface area contributed by atoms with Crippen LogP contribution in [0.4, 0.5) is 0 Å². The summed E-state index contributed by atoms with van der Waals surface area (Å²) in [5, 5.41) is 11.2. The maximum Gasteiger partial charge on any atom is 0.342 e. The maximum atomic E-state index is 13.1. The number of phenolic OH excluding ortho intramolecular Hbond substituents is 1. The summed E-state index contributed by atoms with van der Waals surface area (Å²) < 4.78 is 16.5. The molecule has 0 unspecified atom stereocenters. The van der Waals surface area contributed by atoms with Gasteiger partial charge in [0.05, 0.1) is 24.7 Å². The van der Waals surface area contributed by atoms with Gasteiger partial charge in [-0.05, 0) is 56.4 Å². The molecule has 0 aliphatic carbocycles. The van der Waals surface area contributed by atoms with Gasteiger partial charge >= 0.3 is 11.9 Å². The number of fused-ring (bicyclic) bond motifs is 2. The van der Waals surface area contributed by atoms with Crippen LogP contribution in [0.3, 0.4) is 0 Å². The molecule has 1 aromatic heterocycles. The average Bonchev–Trinajstić information content (AvgIpc) is 3.27. The zero-order valence-electron chi connectivity index (χ0n) is 18.0. The molecule has 0 amide bonds. The molecule has 0 saturated heterocycles. The Morgan fingerprint density at radius 1 is 1.12 bits per heavy atom. The highest BCUT2D eigenvalue weighted by Gasteiger charge is 2.36. The molecule has 7 heteroatoms. The third-order valence-corrected chi connectivity index (χ3v) is 5.86. The van der Waals surface area contributed by atoms with E-state index >= 15 is 0 Å². The van der Waals surface area contributed by atoms with E-state index in [0.717, 1.165) is 0 Å². The van der Waals surface area contributed by atoms with Crippen LogP contribution in [0.25, 0.3) is 6.08 Å². The molecule has 1 N–H and O–H groups in total. The molecule has 1 aromatic carbocycles. The van der Waals surface area contributed by atoms with E-state index in [1.165, 1.54) is 6.26 Å². The molecule has 0 saturated carbocycles. The number of furan rings is 1. The molecule has 0 fully saturated rings.